The van der Waals surface area contributed by atoms with Gasteiger partial charge in [0.2, 0.25) is 17.7 Å². The zero-order chi connectivity index (χ0) is 22.5. The SMILES string of the molecule is CN1CCN(C(=O)CCC2=NNC(=O)CC2)CC1C(=O)Nc1cccc(N2CCCC2)c1. The van der Waals surface area contributed by atoms with Crippen LogP contribution in [-0.2, 0) is 14.4 Å². The highest BCUT2D eigenvalue weighted by molar-refractivity contribution is 5.96. The smallest absolute Gasteiger partial charge is 0.243 e. The Labute approximate surface area is 188 Å². The van der Waals surface area contributed by atoms with Crippen LogP contribution in [0.4, 0.5) is 11.4 Å². The van der Waals surface area contributed by atoms with Crippen LogP contribution in [-0.4, -0.2) is 79.0 Å². The molecule has 1 aromatic carbocycles. The third-order valence-corrected chi connectivity index (χ3v) is 6.50. The Hall–Kier alpha value is -2.94. The normalized spacial score (nSPS) is 21.8. The van der Waals surface area contributed by atoms with Crippen molar-refractivity contribution in [1.82, 2.24) is 15.2 Å². The van der Waals surface area contributed by atoms with Crippen LogP contribution in [0.5, 0.6) is 0 Å². The first-order valence-electron chi connectivity index (χ1n) is 11.5. The summed E-state index contributed by atoms with van der Waals surface area (Å²) >= 11 is 0. The Kier molecular flexibility index (Phi) is 7.04. The summed E-state index contributed by atoms with van der Waals surface area (Å²) in [6, 6.07) is 7.59. The Morgan fingerprint density at radius 3 is 2.72 bits per heavy atom. The van der Waals surface area contributed by atoms with Crippen molar-refractivity contribution >= 4 is 34.8 Å². The standard InChI is InChI=1S/C23H32N6O3/c1-27-13-14-29(22(31)10-8-17-7-9-21(30)26-25-17)16-20(27)23(32)24-18-5-4-6-19(15-18)28-11-2-3-12-28/h4-6,15,20H,2-3,7-14,16H2,1H3,(H,24,32)(H,26,30). The number of carbonyl (C=O) groups excluding carboxylic acids is 3. The molecule has 0 aliphatic carbocycles. The number of amides is 3. The first kappa shape index (κ1) is 22.3. The highest BCUT2D eigenvalue weighted by atomic mass is 16.2. The first-order chi connectivity index (χ1) is 15.5. The van der Waals surface area contributed by atoms with Gasteiger partial charge in [-0.2, -0.15) is 5.10 Å². The molecule has 3 aliphatic heterocycles. The molecule has 2 saturated heterocycles. The van der Waals surface area contributed by atoms with Crippen LogP contribution < -0.4 is 15.6 Å². The average Bonchev–Trinajstić information content (AvgIpc) is 3.34. The minimum absolute atomic E-state index is 0.0199. The lowest BCUT2D eigenvalue weighted by molar-refractivity contribution is -0.136. The molecule has 2 fully saturated rings. The summed E-state index contributed by atoms with van der Waals surface area (Å²) in [6.07, 6.45) is 4.30. The van der Waals surface area contributed by atoms with Gasteiger partial charge in [0.25, 0.3) is 0 Å². The number of hydrogen-bond donors (Lipinski definition) is 2. The third-order valence-electron chi connectivity index (χ3n) is 6.50. The van der Waals surface area contributed by atoms with Crippen molar-refractivity contribution < 1.29 is 14.4 Å². The molecule has 1 unspecified atom stereocenters. The molecular weight excluding hydrogens is 408 g/mol. The Morgan fingerprint density at radius 2 is 1.97 bits per heavy atom. The molecular formula is C23H32N6O3. The van der Waals surface area contributed by atoms with E-state index in [9.17, 15) is 14.4 Å². The van der Waals surface area contributed by atoms with Crippen LogP contribution in [0.25, 0.3) is 0 Å². The van der Waals surface area contributed by atoms with Gasteiger partial charge >= 0.3 is 0 Å². The topological polar surface area (TPSA) is 97.3 Å². The van der Waals surface area contributed by atoms with E-state index in [1.807, 2.05) is 30.1 Å². The van der Waals surface area contributed by atoms with Crippen LogP contribution >= 0.6 is 0 Å². The third kappa shape index (κ3) is 5.45. The zero-order valence-electron chi connectivity index (χ0n) is 18.7. The molecule has 1 atom stereocenters. The molecule has 0 aromatic heterocycles. The molecule has 0 spiro atoms. The lowest BCUT2D eigenvalue weighted by Gasteiger charge is -2.38. The summed E-state index contributed by atoms with van der Waals surface area (Å²) in [6.45, 7) is 3.73. The molecule has 3 amide bonds. The first-order valence-corrected chi connectivity index (χ1v) is 11.5. The Bertz CT molecular complexity index is 895. The van der Waals surface area contributed by atoms with Gasteiger partial charge in [-0.15, -0.1) is 0 Å². The maximum atomic E-state index is 13.1. The fourth-order valence-electron chi connectivity index (χ4n) is 4.47. The van der Waals surface area contributed by atoms with Crippen molar-refractivity contribution in [3.05, 3.63) is 24.3 Å². The van der Waals surface area contributed by atoms with E-state index in [2.05, 4.69) is 26.8 Å². The summed E-state index contributed by atoms with van der Waals surface area (Å²) in [4.78, 5) is 43.1. The van der Waals surface area contributed by atoms with Gasteiger partial charge in [0, 0.05) is 62.7 Å². The second kappa shape index (κ2) is 10.1. The quantitative estimate of drug-likeness (QED) is 0.697. The molecule has 2 N–H and O–H groups in total. The Balaban J connectivity index is 1.32. The maximum Gasteiger partial charge on any atom is 0.243 e. The molecule has 32 heavy (non-hydrogen) atoms. The van der Waals surface area contributed by atoms with E-state index in [4.69, 9.17) is 0 Å². The van der Waals surface area contributed by atoms with Crippen LogP contribution in [0.2, 0.25) is 0 Å². The van der Waals surface area contributed by atoms with Crippen molar-refractivity contribution in [2.24, 2.45) is 5.10 Å². The number of nitrogens with zero attached hydrogens (tertiary/aromatic N) is 4. The number of hydrogen-bond acceptors (Lipinski definition) is 6. The predicted molar refractivity (Wildman–Crippen MR) is 124 cm³/mol. The van der Waals surface area contributed by atoms with Gasteiger partial charge in [-0.1, -0.05) is 6.07 Å². The lowest BCUT2D eigenvalue weighted by Crippen LogP contribution is -2.57. The van der Waals surface area contributed by atoms with Crippen LogP contribution in [0.3, 0.4) is 0 Å². The highest BCUT2D eigenvalue weighted by Gasteiger charge is 2.32. The average molecular weight is 441 g/mol. The molecule has 0 saturated carbocycles. The fourth-order valence-corrected chi connectivity index (χ4v) is 4.47. The van der Waals surface area contributed by atoms with E-state index in [0.717, 1.165) is 30.2 Å². The Morgan fingerprint density at radius 1 is 1.16 bits per heavy atom. The second-order valence-corrected chi connectivity index (χ2v) is 8.78. The van der Waals surface area contributed by atoms with Gasteiger partial charge < -0.3 is 15.1 Å². The molecule has 172 valence electrons. The van der Waals surface area contributed by atoms with Crippen molar-refractivity contribution in [1.29, 1.82) is 0 Å². The number of piperazine rings is 1. The largest absolute Gasteiger partial charge is 0.371 e. The van der Waals surface area contributed by atoms with Crippen molar-refractivity contribution in [3.63, 3.8) is 0 Å². The van der Waals surface area contributed by atoms with Gasteiger partial charge in [0.05, 0.1) is 0 Å². The molecule has 1 aromatic rings. The zero-order valence-corrected chi connectivity index (χ0v) is 18.7. The molecule has 9 heteroatoms. The van der Waals surface area contributed by atoms with Crippen molar-refractivity contribution in [2.75, 3.05) is 50.0 Å². The number of nitrogens with one attached hydrogen (secondary N) is 2. The van der Waals surface area contributed by atoms with Crippen LogP contribution in [0.1, 0.15) is 38.5 Å². The van der Waals surface area contributed by atoms with E-state index in [-0.39, 0.29) is 17.7 Å². The van der Waals surface area contributed by atoms with Crippen LogP contribution in [0, 0.1) is 0 Å². The van der Waals surface area contributed by atoms with Gasteiger partial charge in [0.1, 0.15) is 6.04 Å². The number of rotatable bonds is 6. The van der Waals surface area contributed by atoms with Gasteiger partial charge in [-0.25, -0.2) is 5.43 Å². The molecule has 3 aliphatic rings. The maximum absolute atomic E-state index is 13.1. The van der Waals surface area contributed by atoms with Crippen molar-refractivity contribution in [3.8, 4) is 0 Å². The van der Waals surface area contributed by atoms with Crippen LogP contribution in [0.15, 0.2) is 29.4 Å². The molecule has 0 bridgehead atoms. The van der Waals surface area contributed by atoms with Crippen molar-refractivity contribution in [2.45, 2.75) is 44.6 Å². The molecule has 9 nitrogen and oxygen atoms in total. The predicted octanol–water partition coefficient (Wildman–Crippen LogP) is 1.41. The van der Waals surface area contributed by atoms with Gasteiger partial charge in [0.15, 0.2) is 0 Å². The molecule has 4 rings (SSSR count). The highest BCUT2D eigenvalue weighted by Crippen LogP contribution is 2.24. The summed E-state index contributed by atoms with van der Waals surface area (Å²) < 4.78 is 0. The van der Waals surface area contributed by atoms with E-state index in [1.165, 1.54) is 12.8 Å². The minimum atomic E-state index is -0.394. The number of carbonyl (C=O) groups is 3. The second-order valence-electron chi connectivity index (χ2n) is 8.78. The summed E-state index contributed by atoms with van der Waals surface area (Å²) in [7, 11) is 1.92. The fraction of sp³-hybridized carbons (Fsp3) is 0.565. The van der Waals surface area contributed by atoms with E-state index in [1.54, 1.807) is 4.90 Å². The monoisotopic (exact) mass is 440 g/mol. The van der Waals surface area contributed by atoms with Gasteiger partial charge in [-0.3, -0.25) is 19.3 Å². The van der Waals surface area contributed by atoms with E-state index in [0.29, 0.717) is 45.3 Å². The number of hydrazone groups is 1. The van der Waals surface area contributed by atoms with E-state index >= 15 is 0 Å². The minimum Gasteiger partial charge on any atom is -0.371 e. The number of likely N-dealkylation sites (N-methyl/N-ethyl adjacent to an activating group) is 1. The molecule has 3 heterocycles. The lowest BCUT2D eigenvalue weighted by atomic mass is 10.1. The summed E-state index contributed by atoms with van der Waals surface area (Å²) in [5.74, 6) is -0.159. The summed E-state index contributed by atoms with van der Waals surface area (Å²) in [5, 5.41) is 7.08. The molecule has 0 radical (unpaired) electrons. The van der Waals surface area contributed by atoms with Gasteiger partial charge in [-0.05, 0) is 50.9 Å². The number of benzene rings is 1. The van der Waals surface area contributed by atoms with E-state index < -0.39 is 6.04 Å². The number of anilines is 2. The summed E-state index contributed by atoms with van der Waals surface area (Å²) in [5.41, 5.74) is 5.24.